The zero-order valence-corrected chi connectivity index (χ0v) is 8.47. The van der Waals surface area contributed by atoms with Gasteiger partial charge in [-0.25, -0.2) is 0 Å². The summed E-state index contributed by atoms with van der Waals surface area (Å²) in [5.74, 6) is 0. The van der Waals surface area contributed by atoms with Crippen molar-refractivity contribution in [2.24, 2.45) is 0 Å². The lowest BCUT2D eigenvalue weighted by atomic mass is 9.92. The zero-order valence-electron chi connectivity index (χ0n) is 6.89. The Kier molecular flexibility index (Phi) is 2.31. The van der Waals surface area contributed by atoms with E-state index in [1.54, 1.807) is 0 Å². The molecule has 0 N–H and O–H groups in total. The molecule has 0 fully saturated rings. The molecule has 1 aliphatic rings. The van der Waals surface area contributed by atoms with Crippen LogP contribution in [0.4, 0.5) is 0 Å². The van der Waals surface area contributed by atoms with Crippen LogP contribution in [0.5, 0.6) is 0 Å². The van der Waals surface area contributed by atoms with Crippen molar-refractivity contribution in [2.75, 3.05) is 5.33 Å². The van der Waals surface area contributed by atoms with Gasteiger partial charge in [0.2, 0.25) is 0 Å². The van der Waals surface area contributed by atoms with E-state index in [9.17, 15) is 0 Å². The highest BCUT2D eigenvalue weighted by Crippen LogP contribution is 2.26. The molecule has 1 aliphatic carbocycles. The Morgan fingerprint density at radius 2 is 2.08 bits per heavy atom. The molecular weight excluding hydrogens is 212 g/mol. The molecule has 0 amide bonds. The molecule has 0 nitrogen and oxygen atoms in total. The summed E-state index contributed by atoms with van der Waals surface area (Å²) in [4.78, 5) is 0. The van der Waals surface area contributed by atoms with Crippen molar-refractivity contribution in [3.63, 3.8) is 0 Å². The Morgan fingerprint density at radius 3 is 2.92 bits per heavy atom. The molecule has 0 heterocycles. The average Bonchev–Trinajstić information content (AvgIpc) is 2.17. The molecule has 62 valence electrons. The number of allylic oxidation sites excluding steroid dienone is 2. The van der Waals surface area contributed by atoms with Crippen LogP contribution in [-0.2, 0) is 6.42 Å². The molecule has 0 spiro atoms. The molecule has 12 heavy (non-hydrogen) atoms. The number of aryl methyl sites for hydroxylation is 1. The van der Waals surface area contributed by atoms with Gasteiger partial charge in [0.25, 0.3) is 0 Å². The van der Waals surface area contributed by atoms with Crippen molar-refractivity contribution in [3.05, 3.63) is 41.5 Å². The van der Waals surface area contributed by atoms with Crippen LogP contribution in [0.1, 0.15) is 17.5 Å². The topological polar surface area (TPSA) is 0 Å². The summed E-state index contributed by atoms with van der Waals surface area (Å²) in [6.45, 7) is 0. The maximum atomic E-state index is 3.51. The molecule has 0 aromatic heterocycles. The number of halogens is 1. The van der Waals surface area contributed by atoms with E-state index in [1.165, 1.54) is 29.5 Å². The first kappa shape index (κ1) is 8.06. The van der Waals surface area contributed by atoms with Crippen LogP contribution in [0.3, 0.4) is 0 Å². The number of benzene rings is 1. The third-order valence-electron chi connectivity index (χ3n) is 2.31. The SMILES string of the molecule is BrCC1=CCCc2ccccc21. The Morgan fingerprint density at radius 1 is 1.25 bits per heavy atom. The van der Waals surface area contributed by atoms with Gasteiger partial charge in [0, 0.05) is 5.33 Å². The van der Waals surface area contributed by atoms with E-state index in [4.69, 9.17) is 0 Å². The van der Waals surface area contributed by atoms with Gasteiger partial charge < -0.3 is 0 Å². The summed E-state index contributed by atoms with van der Waals surface area (Å²) in [6.07, 6.45) is 4.72. The van der Waals surface area contributed by atoms with Gasteiger partial charge in [-0.1, -0.05) is 46.3 Å². The Labute approximate surface area is 81.4 Å². The molecule has 0 saturated heterocycles. The summed E-state index contributed by atoms with van der Waals surface area (Å²) < 4.78 is 0. The second-order valence-corrected chi connectivity index (χ2v) is 3.62. The fourth-order valence-electron chi connectivity index (χ4n) is 1.69. The molecular formula is C11H11Br. The number of hydrogen-bond acceptors (Lipinski definition) is 0. The molecule has 1 aromatic carbocycles. The first-order valence-corrected chi connectivity index (χ1v) is 5.37. The number of alkyl halides is 1. The Balaban J connectivity index is 2.48. The Bertz CT molecular complexity index is 313. The maximum Gasteiger partial charge on any atom is 0.0285 e. The van der Waals surface area contributed by atoms with Crippen molar-refractivity contribution in [3.8, 4) is 0 Å². The third kappa shape index (κ3) is 1.34. The van der Waals surface area contributed by atoms with Gasteiger partial charge >= 0.3 is 0 Å². The Hall–Kier alpha value is -0.560. The van der Waals surface area contributed by atoms with Gasteiger partial charge in [-0.2, -0.15) is 0 Å². The van der Waals surface area contributed by atoms with Gasteiger partial charge in [-0.15, -0.1) is 0 Å². The lowest BCUT2D eigenvalue weighted by molar-refractivity contribution is 0.976. The van der Waals surface area contributed by atoms with E-state index in [0.29, 0.717) is 0 Å². The molecule has 0 bridgehead atoms. The highest BCUT2D eigenvalue weighted by Gasteiger charge is 2.09. The van der Waals surface area contributed by atoms with Crippen molar-refractivity contribution in [1.82, 2.24) is 0 Å². The maximum absolute atomic E-state index is 3.51. The molecule has 1 aromatic rings. The lowest BCUT2D eigenvalue weighted by Crippen LogP contribution is -1.99. The quantitative estimate of drug-likeness (QED) is 0.640. The molecule has 2 rings (SSSR count). The van der Waals surface area contributed by atoms with Crippen molar-refractivity contribution < 1.29 is 0 Å². The van der Waals surface area contributed by atoms with Crippen LogP contribution in [0.2, 0.25) is 0 Å². The summed E-state index contributed by atoms with van der Waals surface area (Å²) in [7, 11) is 0. The first-order chi connectivity index (χ1) is 5.92. The molecule has 0 radical (unpaired) electrons. The fourth-order valence-corrected chi connectivity index (χ4v) is 2.22. The number of hydrogen-bond donors (Lipinski definition) is 0. The minimum Gasteiger partial charge on any atom is -0.0876 e. The fraction of sp³-hybridized carbons (Fsp3) is 0.273. The largest absolute Gasteiger partial charge is 0.0876 e. The lowest BCUT2D eigenvalue weighted by Gasteiger charge is -2.15. The van der Waals surface area contributed by atoms with Crippen LogP contribution < -0.4 is 0 Å². The molecule has 0 atom stereocenters. The van der Waals surface area contributed by atoms with E-state index in [1.807, 2.05) is 0 Å². The van der Waals surface area contributed by atoms with Gasteiger partial charge in [0.15, 0.2) is 0 Å². The van der Waals surface area contributed by atoms with Crippen molar-refractivity contribution in [1.29, 1.82) is 0 Å². The second-order valence-electron chi connectivity index (χ2n) is 3.06. The van der Waals surface area contributed by atoms with Gasteiger partial charge in [0.1, 0.15) is 0 Å². The van der Waals surface area contributed by atoms with Gasteiger partial charge in [-0.05, 0) is 29.5 Å². The smallest absolute Gasteiger partial charge is 0.0285 e. The predicted molar refractivity (Wildman–Crippen MR) is 56.5 cm³/mol. The molecule has 0 unspecified atom stereocenters. The van der Waals surface area contributed by atoms with Gasteiger partial charge in [-0.3, -0.25) is 0 Å². The van der Waals surface area contributed by atoms with E-state index in [2.05, 4.69) is 46.3 Å². The van der Waals surface area contributed by atoms with E-state index in [0.717, 1.165) is 5.33 Å². The number of rotatable bonds is 1. The minimum atomic E-state index is 0.976. The summed E-state index contributed by atoms with van der Waals surface area (Å²) in [5.41, 5.74) is 4.37. The third-order valence-corrected chi connectivity index (χ3v) is 2.92. The molecule has 0 saturated carbocycles. The molecule has 0 aliphatic heterocycles. The standard InChI is InChI=1S/C11H11Br/c12-8-10-6-3-5-9-4-1-2-7-11(9)10/h1-2,4,6-7H,3,5,8H2. The van der Waals surface area contributed by atoms with Crippen LogP contribution in [0, 0.1) is 0 Å². The number of fused-ring (bicyclic) bond motifs is 1. The second kappa shape index (κ2) is 3.44. The highest BCUT2D eigenvalue weighted by molar-refractivity contribution is 9.09. The average molecular weight is 223 g/mol. The van der Waals surface area contributed by atoms with E-state index < -0.39 is 0 Å². The van der Waals surface area contributed by atoms with E-state index >= 15 is 0 Å². The van der Waals surface area contributed by atoms with E-state index in [-0.39, 0.29) is 0 Å². The van der Waals surface area contributed by atoms with Crippen LogP contribution >= 0.6 is 15.9 Å². The predicted octanol–water partition coefficient (Wildman–Crippen LogP) is 3.41. The highest BCUT2D eigenvalue weighted by atomic mass is 79.9. The summed E-state index contributed by atoms with van der Waals surface area (Å²) in [6, 6.07) is 8.67. The van der Waals surface area contributed by atoms with Crippen molar-refractivity contribution >= 4 is 21.5 Å². The van der Waals surface area contributed by atoms with Crippen LogP contribution in [-0.4, -0.2) is 5.33 Å². The first-order valence-electron chi connectivity index (χ1n) is 4.25. The molecule has 1 heteroatoms. The normalized spacial score (nSPS) is 15.2. The monoisotopic (exact) mass is 222 g/mol. The summed E-state index contributed by atoms with van der Waals surface area (Å²) in [5, 5.41) is 0.976. The minimum absolute atomic E-state index is 0.976. The van der Waals surface area contributed by atoms with Crippen LogP contribution in [0.25, 0.3) is 5.57 Å². The van der Waals surface area contributed by atoms with Crippen LogP contribution in [0.15, 0.2) is 30.3 Å². The summed E-state index contributed by atoms with van der Waals surface area (Å²) >= 11 is 3.51. The zero-order chi connectivity index (χ0) is 8.39. The van der Waals surface area contributed by atoms with Crippen molar-refractivity contribution in [2.45, 2.75) is 12.8 Å². The van der Waals surface area contributed by atoms with Gasteiger partial charge in [0.05, 0.1) is 0 Å².